The number of anilines is 1. The molecule has 1 saturated heterocycles. The first-order valence-corrected chi connectivity index (χ1v) is 7.44. The van der Waals surface area contributed by atoms with Gasteiger partial charge in [-0.3, -0.25) is 14.5 Å². The highest BCUT2D eigenvalue weighted by Gasteiger charge is 2.47. The second-order valence-electron chi connectivity index (χ2n) is 5.67. The molecule has 112 valence electrons. The summed E-state index contributed by atoms with van der Waals surface area (Å²) in [5.74, 6) is 0.601. The molecule has 1 aliphatic heterocycles. The van der Waals surface area contributed by atoms with Crippen molar-refractivity contribution in [1.82, 2.24) is 4.90 Å². The number of ether oxygens (including phenoxy) is 1. The van der Waals surface area contributed by atoms with Crippen molar-refractivity contribution in [1.29, 1.82) is 0 Å². The number of carbonyl (C=O) groups excluding carboxylic acids is 2. The molecule has 1 aromatic rings. The highest BCUT2D eigenvalue weighted by molar-refractivity contribution is 6.05. The number of benzene rings is 1. The van der Waals surface area contributed by atoms with Crippen molar-refractivity contribution >= 4 is 17.5 Å². The summed E-state index contributed by atoms with van der Waals surface area (Å²) in [5.41, 5.74) is 0.867. The molecule has 0 aromatic heterocycles. The summed E-state index contributed by atoms with van der Waals surface area (Å²) >= 11 is 0. The molecule has 1 N–H and O–H groups in total. The highest BCUT2D eigenvalue weighted by Crippen LogP contribution is 2.37. The summed E-state index contributed by atoms with van der Waals surface area (Å²) in [6.07, 6.45) is 3.82. The fourth-order valence-corrected chi connectivity index (χ4v) is 3.27. The average molecular weight is 288 g/mol. The first-order chi connectivity index (χ1) is 10.2. The summed E-state index contributed by atoms with van der Waals surface area (Å²) in [6, 6.07) is 7.43. The van der Waals surface area contributed by atoms with Gasteiger partial charge >= 0.3 is 0 Å². The Hall–Kier alpha value is -2.04. The lowest BCUT2D eigenvalue weighted by Crippen LogP contribution is -2.35. The van der Waals surface area contributed by atoms with E-state index in [2.05, 4.69) is 5.32 Å². The molecule has 2 amide bonds. The van der Waals surface area contributed by atoms with Crippen LogP contribution in [0.15, 0.2) is 24.3 Å². The molecule has 2 fully saturated rings. The number of carbonyl (C=O) groups is 2. The Morgan fingerprint density at radius 2 is 1.67 bits per heavy atom. The molecule has 1 heterocycles. The van der Waals surface area contributed by atoms with Crippen molar-refractivity contribution in [3.63, 3.8) is 0 Å². The lowest BCUT2D eigenvalue weighted by Gasteiger charge is -2.19. The number of nitrogens with zero attached hydrogens (tertiary/aromatic N) is 1. The third kappa shape index (κ3) is 2.60. The minimum absolute atomic E-state index is 0.00860. The Morgan fingerprint density at radius 1 is 1.10 bits per heavy atom. The summed E-state index contributed by atoms with van der Waals surface area (Å²) in [6.45, 7) is 0.247. The molecule has 1 saturated carbocycles. The quantitative estimate of drug-likeness (QED) is 0.863. The van der Waals surface area contributed by atoms with Gasteiger partial charge < -0.3 is 10.1 Å². The van der Waals surface area contributed by atoms with Crippen LogP contribution in [-0.4, -0.2) is 30.5 Å². The van der Waals surface area contributed by atoms with Gasteiger partial charge in [0, 0.05) is 5.69 Å². The smallest absolute Gasteiger partial charge is 0.234 e. The van der Waals surface area contributed by atoms with E-state index in [0.29, 0.717) is 0 Å². The average Bonchev–Trinajstić information content (AvgIpc) is 2.78. The number of methoxy groups -OCH3 is 1. The van der Waals surface area contributed by atoms with E-state index >= 15 is 0 Å². The summed E-state index contributed by atoms with van der Waals surface area (Å²) in [7, 11) is 1.62. The third-order valence-electron chi connectivity index (χ3n) is 4.46. The van der Waals surface area contributed by atoms with E-state index in [1.165, 1.54) is 4.90 Å². The van der Waals surface area contributed by atoms with Gasteiger partial charge in [0.2, 0.25) is 11.8 Å². The van der Waals surface area contributed by atoms with Gasteiger partial charge in [-0.1, -0.05) is 12.8 Å². The maximum absolute atomic E-state index is 12.3. The molecule has 5 heteroatoms. The Kier molecular flexibility index (Phi) is 3.82. The number of rotatable bonds is 4. The topological polar surface area (TPSA) is 58.6 Å². The molecule has 2 aliphatic rings. The largest absolute Gasteiger partial charge is 0.497 e. The molecule has 1 aliphatic carbocycles. The molecular weight excluding hydrogens is 268 g/mol. The molecule has 5 nitrogen and oxygen atoms in total. The minimum Gasteiger partial charge on any atom is -0.497 e. The first-order valence-electron chi connectivity index (χ1n) is 7.44. The van der Waals surface area contributed by atoms with Crippen molar-refractivity contribution in [2.75, 3.05) is 19.1 Å². The number of hydrogen-bond donors (Lipinski definition) is 1. The van der Waals surface area contributed by atoms with Gasteiger partial charge in [0.25, 0.3) is 0 Å². The zero-order valence-corrected chi connectivity index (χ0v) is 12.2. The van der Waals surface area contributed by atoms with Crippen molar-refractivity contribution < 1.29 is 14.3 Å². The standard InChI is InChI=1S/C16H20N2O3/c1-21-12-8-6-11(7-9-12)17-10-18-15(19)13-4-2-3-5-14(13)16(18)20/h6-9,13-14,17H,2-5,10H2,1H3/t13-,14-/m0/s1. The molecule has 21 heavy (non-hydrogen) atoms. The van der Waals surface area contributed by atoms with Crippen molar-refractivity contribution in [2.45, 2.75) is 25.7 Å². The summed E-state index contributed by atoms with van der Waals surface area (Å²) in [4.78, 5) is 26.0. The van der Waals surface area contributed by atoms with Gasteiger partial charge in [0.05, 0.1) is 25.6 Å². The van der Waals surface area contributed by atoms with Crippen molar-refractivity contribution in [2.24, 2.45) is 11.8 Å². The predicted molar refractivity (Wildman–Crippen MR) is 78.8 cm³/mol. The van der Waals surface area contributed by atoms with E-state index in [1.54, 1.807) is 7.11 Å². The minimum atomic E-state index is -0.0797. The van der Waals surface area contributed by atoms with E-state index in [9.17, 15) is 9.59 Å². The van der Waals surface area contributed by atoms with Gasteiger partial charge in [0.1, 0.15) is 5.75 Å². The SMILES string of the molecule is COc1ccc(NCN2C(=O)[C@H]3CCCC[C@@H]3C2=O)cc1. The second kappa shape index (κ2) is 5.76. The van der Waals surface area contributed by atoms with Gasteiger partial charge in [-0.25, -0.2) is 0 Å². The number of fused-ring (bicyclic) bond motifs is 1. The Bertz CT molecular complexity index is 517. The van der Waals surface area contributed by atoms with Crippen molar-refractivity contribution in [3.8, 4) is 5.75 Å². The predicted octanol–water partition coefficient (Wildman–Crippen LogP) is 2.24. The number of imide groups is 1. The summed E-state index contributed by atoms with van der Waals surface area (Å²) < 4.78 is 5.10. The highest BCUT2D eigenvalue weighted by atomic mass is 16.5. The van der Waals surface area contributed by atoms with E-state index in [0.717, 1.165) is 37.1 Å². The van der Waals surface area contributed by atoms with E-state index in [1.807, 2.05) is 24.3 Å². The molecule has 3 rings (SSSR count). The van der Waals surface area contributed by atoms with Crippen LogP contribution < -0.4 is 10.1 Å². The number of likely N-dealkylation sites (tertiary alicyclic amines) is 1. The van der Waals surface area contributed by atoms with Gasteiger partial charge in [-0.15, -0.1) is 0 Å². The molecule has 0 radical (unpaired) electrons. The zero-order valence-electron chi connectivity index (χ0n) is 12.2. The van der Waals surface area contributed by atoms with Crippen LogP contribution in [0.1, 0.15) is 25.7 Å². The summed E-state index contributed by atoms with van der Waals surface area (Å²) in [5, 5.41) is 3.14. The van der Waals surface area contributed by atoms with E-state index < -0.39 is 0 Å². The Morgan fingerprint density at radius 3 is 2.19 bits per heavy atom. The fraction of sp³-hybridized carbons (Fsp3) is 0.500. The normalized spacial score (nSPS) is 24.9. The van der Waals surface area contributed by atoms with Crippen LogP contribution >= 0.6 is 0 Å². The lowest BCUT2D eigenvalue weighted by atomic mass is 9.81. The Labute approximate surface area is 124 Å². The number of nitrogens with one attached hydrogen (secondary N) is 1. The monoisotopic (exact) mass is 288 g/mol. The molecule has 0 spiro atoms. The van der Waals surface area contributed by atoms with Crippen LogP contribution in [0, 0.1) is 11.8 Å². The van der Waals surface area contributed by atoms with E-state index in [4.69, 9.17) is 4.74 Å². The van der Waals surface area contributed by atoms with Gasteiger partial charge in [-0.05, 0) is 37.1 Å². The Balaban J connectivity index is 1.64. The fourth-order valence-electron chi connectivity index (χ4n) is 3.27. The molecule has 0 bridgehead atoms. The maximum Gasteiger partial charge on any atom is 0.234 e. The van der Waals surface area contributed by atoms with Crippen LogP contribution in [0.3, 0.4) is 0 Å². The molecular formula is C16H20N2O3. The maximum atomic E-state index is 12.3. The van der Waals surface area contributed by atoms with Gasteiger partial charge in [-0.2, -0.15) is 0 Å². The van der Waals surface area contributed by atoms with Crippen LogP contribution in [0.2, 0.25) is 0 Å². The van der Waals surface area contributed by atoms with E-state index in [-0.39, 0.29) is 30.3 Å². The van der Waals surface area contributed by atoms with Crippen LogP contribution in [0.4, 0.5) is 5.69 Å². The lowest BCUT2D eigenvalue weighted by molar-refractivity contribution is -0.139. The molecule has 0 unspecified atom stereocenters. The van der Waals surface area contributed by atoms with Gasteiger partial charge in [0.15, 0.2) is 0 Å². The molecule has 2 atom stereocenters. The third-order valence-corrected chi connectivity index (χ3v) is 4.46. The van der Waals surface area contributed by atoms with Crippen molar-refractivity contribution in [3.05, 3.63) is 24.3 Å². The number of hydrogen-bond acceptors (Lipinski definition) is 4. The molecule has 1 aromatic carbocycles. The number of amides is 2. The van der Waals surface area contributed by atoms with Crippen LogP contribution in [0.5, 0.6) is 5.75 Å². The second-order valence-corrected chi connectivity index (χ2v) is 5.67. The zero-order chi connectivity index (χ0) is 14.8. The van der Waals surface area contributed by atoms with Crippen LogP contribution in [-0.2, 0) is 9.59 Å². The first kappa shape index (κ1) is 13.9. The van der Waals surface area contributed by atoms with Crippen LogP contribution in [0.25, 0.3) is 0 Å².